The van der Waals surface area contributed by atoms with Crippen LogP contribution in [0.25, 0.3) is 0 Å². The van der Waals surface area contributed by atoms with Crippen molar-refractivity contribution in [2.45, 2.75) is 32.1 Å². The van der Waals surface area contributed by atoms with Gasteiger partial charge in [-0.05, 0) is 31.2 Å². The summed E-state index contributed by atoms with van der Waals surface area (Å²) in [5.41, 5.74) is 0.0440. The molecule has 1 saturated heterocycles. The molecular formula is C14H20N2O4S. The molecule has 116 valence electrons. The third-order valence-corrected chi connectivity index (χ3v) is 5.88. The van der Waals surface area contributed by atoms with Crippen LogP contribution < -0.4 is 0 Å². The van der Waals surface area contributed by atoms with Crippen LogP contribution in [-0.2, 0) is 10.0 Å². The maximum Gasteiger partial charge on any atom is 0.273 e. The fraction of sp³-hybridized carbons (Fsp3) is 0.571. The summed E-state index contributed by atoms with van der Waals surface area (Å²) in [6.45, 7) is 6.47. The van der Waals surface area contributed by atoms with E-state index in [1.807, 2.05) is 13.8 Å². The highest BCUT2D eigenvalue weighted by Crippen LogP contribution is 2.30. The average Bonchev–Trinajstić information content (AvgIpc) is 2.37. The number of hydrogen-bond donors (Lipinski definition) is 0. The molecule has 7 heteroatoms. The topological polar surface area (TPSA) is 80.5 Å². The first-order valence-electron chi connectivity index (χ1n) is 6.97. The van der Waals surface area contributed by atoms with Crippen LogP contribution >= 0.6 is 0 Å². The number of hydrogen-bond acceptors (Lipinski definition) is 4. The first-order valence-corrected chi connectivity index (χ1v) is 8.41. The summed E-state index contributed by atoms with van der Waals surface area (Å²) in [7, 11) is -3.69. The SMILES string of the molecule is Cc1c([N+](=O)[O-])cccc1S(=O)(=O)N1CC(C)CC(C)C1. The summed E-state index contributed by atoms with van der Waals surface area (Å²) in [6.07, 6.45) is 1.000. The van der Waals surface area contributed by atoms with Crippen molar-refractivity contribution in [3.8, 4) is 0 Å². The normalized spacial score (nSPS) is 24.0. The molecule has 2 atom stereocenters. The number of nitrogens with zero attached hydrogens (tertiary/aromatic N) is 2. The Labute approximate surface area is 125 Å². The monoisotopic (exact) mass is 312 g/mol. The van der Waals surface area contributed by atoms with E-state index in [-0.39, 0.29) is 16.1 Å². The highest BCUT2D eigenvalue weighted by atomic mass is 32.2. The Bertz CT molecular complexity index is 647. The van der Waals surface area contributed by atoms with E-state index in [0.29, 0.717) is 24.9 Å². The lowest BCUT2D eigenvalue weighted by atomic mass is 9.94. The van der Waals surface area contributed by atoms with Crippen molar-refractivity contribution in [2.75, 3.05) is 13.1 Å². The van der Waals surface area contributed by atoms with Crippen LogP contribution in [-0.4, -0.2) is 30.7 Å². The second-order valence-electron chi connectivity index (χ2n) is 5.93. The van der Waals surface area contributed by atoms with Gasteiger partial charge in [-0.1, -0.05) is 19.9 Å². The van der Waals surface area contributed by atoms with Crippen LogP contribution in [0.15, 0.2) is 23.1 Å². The van der Waals surface area contributed by atoms with Gasteiger partial charge in [-0.2, -0.15) is 4.31 Å². The van der Waals surface area contributed by atoms with E-state index in [2.05, 4.69) is 0 Å². The van der Waals surface area contributed by atoms with Crippen LogP contribution in [0.1, 0.15) is 25.8 Å². The molecular weight excluding hydrogens is 292 g/mol. The van der Waals surface area contributed by atoms with Gasteiger partial charge in [0.1, 0.15) is 0 Å². The van der Waals surface area contributed by atoms with Gasteiger partial charge in [0.15, 0.2) is 0 Å². The molecule has 0 saturated carbocycles. The van der Waals surface area contributed by atoms with Crippen molar-refractivity contribution in [1.29, 1.82) is 0 Å². The highest BCUT2D eigenvalue weighted by Gasteiger charge is 2.33. The molecule has 1 aliphatic rings. The van der Waals surface area contributed by atoms with E-state index in [1.54, 1.807) is 0 Å². The van der Waals surface area contributed by atoms with Gasteiger partial charge in [-0.3, -0.25) is 10.1 Å². The summed E-state index contributed by atoms with van der Waals surface area (Å²) in [5.74, 6) is 0.588. The number of nitro groups is 1. The van der Waals surface area contributed by atoms with Gasteiger partial charge in [0, 0.05) is 24.7 Å². The van der Waals surface area contributed by atoms with E-state index < -0.39 is 14.9 Å². The molecule has 0 spiro atoms. The molecule has 2 unspecified atom stereocenters. The lowest BCUT2D eigenvalue weighted by Gasteiger charge is -2.34. The van der Waals surface area contributed by atoms with Gasteiger partial charge in [0.05, 0.1) is 9.82 Å². The zero-order chi connectivity index (χ0) is 15.8. The molecule has 1 aromatic rings. The molecule has 6 nitrogen and oxygen atoms in total. The van der Waals surface area contributed by atoms with Crippen molar-refractivity contribution < 1.29 is 13.3 Å². The maximum atomic E-state index is 12.8. The van der Waals surface area contributed by atoms with Crippen LogP contribution in [0.4, 0.5) is 5.69 Å². The highest BCUT2D eigenvalue weighted by molar-refractivity contribution is 7.89. The van der Waals surface area contributed by atoms with Crippen molar-refractivity contribution in [2.24, 2.45) is 11.8 Å². The van der Waals surface area contributed by atoms with Crippen molar-refractivity contribution in [3.05, 3.63) is 33.9 Å². The van der Waals surface area contributed by atoms with Crippen LogP contribution in [0.2, 0.25) is 0 Å². The second kappa shape index (κ2) is 5.73. The van der Waals surface area contributed by atoms with Gasteiger partial charge < -0.3 is 0 Å². The Kier molecular flexibility index (Phi) is 4.34. The summed E-state index contributed by atoms with van der Waals surface area (Å²) in [6, 6.07) is 4.20. The molecule has 1 aliphatic heterocycles. The zero-order valence-corrected chi connectivity index (χ0v) is 13.3. The van der Waals surface area contributed by atoms with E-state index in [1.165, 1.54) is 29.4 Å². The first-order chi connectivity index (χ1) is 9.73. The largest absolute Gasteiger partial charge is 0.273 e. The third-order valence-electron chi connectivity index (χ3n) is 3.91. The Morgan fingerprint density at radius 3 is 2.33 bits per heavy atom. The fourth-order valence-corrected chi connectivity index (χ4v) is 4.94. The smallest absolute Gasteiger partial charge is 0.258 e. The summed E-state index contributed by atoms with van der Waals surface area (Å²) in [5, 5.41) is 11.0. The molecule has 0 N–H and O–H groups in total. The molecule has 21 heavy (non-hydrogen) atoms. The minimum Gasteiger partial charge on any atom is -0.258 e. The average molecular weight is 312 g/mol. The van der Waals surface area contributed by atoms with Gasteiger partial charge in [0.2, 0.25) is 10.0 Å². The van der Waals surface area contributed by atoms with E-state index in [4.69, 9.17) is 0 Å². The van der Waals surface area contributed by atoms with Crippen molar-refractivity contribution >= 4 is 15.7 Å². The molecule has 2 rings (SSSR count). The lowest BCUT2D eigenvalue weighted by Crippen LogP contribution is -2.42. The number of piperidine rings is 1. The summed E-state index contributed by atoms with van der Waals surface area (Å²) in [4.78, 5) is 10.5. The Morgan fingerprint density at radius 1 is 1.24 bits per heavy atom. The zero-order valence-electron chi connectivity index (χ0n) is 12.4. The minimum atomic E-state index is -3.69. The van der Waals surface area contributed by atoms with Crippen LogP contribution in [0, 0.1) is 28.9 Å². The Balaban J connectivity index is 2.45. The molecule has 1 aromatic carbocycles. The van der Waals surface area contributed by atoms with E-state index in [0.717, 1.165) is 6.42 Å². The maximum absolute atomic E-state index is 12.8. The van der Waals surface area contributed by atoms with Crippen LogP contribution in [0.3, 0.4) is 0 Å². The van der Waals surface area contributed by atoms with Gasteiger partial charge >= 0.3 is 0 Å². The van der Waals surface area contributed by atoms with Crippen LogP contribution in [0.5, 0.6) is 0 Å². The molecule has 0 aromatic heterocycles. The molecule has 1 heterocycles. The molecule has 0 aliphatic carbocycles. The number of nitro benzene ring substituents is 1. The molecule has 0 bridgehead atoms. The third kappa shape index (κ3) is 3.08. The Morgan fingerprint density at radius 2 is 1.81 bits per heavy atom. The number of sulfonamides is 1. The van der Waals surface area contributed by atoms with E-state index in [9.17, 15) is 18.5 Å². The van der Waals surface area contributed by atoms with Crippen molar-refractivity contribution in [3.63, 3.8) is 0 Å². The minimum absolute atomic E-state index is 0.0398. The molecule has 0 amide bonds. The quantitative estimate of drug-likeness (QED) is 0.634. The second-order valence-corrected chi connectivity index (χ2v) is 7.83. The van der Waals surface area contributed by atoms with Crippen molar-refractivity contribution in [1.82, 2.24) is 4.31 Å². The number of benzene rings is 1. The predicted molar refractivity (Wildman–Crippen MR) is 79.5 cm³/mol. The van der Waals surface area contributed by atoms with Gasteiger partial charge in [-0.15, -0.1) is 0 Å². The fourth-order valence-electron chi connectivity index (χ4n) is 3.02. The van der Waals surface area contributed by atoms with E-state index >= 15 is 0 Å². The number of rotatable bonds is 3. The standard InChI is InChI=1S/C14H20N2O4S/c1-10-7-11(2)9-15(8-10)21(19,20)14-6-4-5-13(12(14)3)16(17)18/h4-6,10-11H,7-9H2,1-3H3. The lowest BCUT2D eigenvalue weighted by molar-refractivity contribution is -0.385. The first kappa shape index (κ1) is 15.9. The summed E-state index contributed by atoms with van der Waals surface area (Å²) < 4.78 is 27.0. The van der Waals surface area contributed by atoms with Gasteiger partial charge in [-0.25, -0.2) is 8.42 Å². The Hall–Kier alpha value is -1.47. The predicted octanol–water partition coefficient (Wildman–Crippen LogP) is 2.57. The van der Waals surface area contributed by atoms with Gasteiger partial charge in [0.25, 0.3) is 5.69 Å². The molecule has 1 fully saturated rings. The summed E-state index contributed by atoms with van der Waals surface area (Å²) >= 11 is 0. The molecule has 0 radical (unpaired) electrons.